The molecule has 0 aliphatic heterocycles. The fraction of sp³-hybridized carbons (Fsp3) is 0.667. The SMILES string of the molecule is C=CC(=O)NC1CCC(N)CC1. The third-order valence-corrected chi connectivity index (χ3v) is 2.30. The summed E-state index contributed by atoms with van der Waals surface area (Å²) in [6.45, 7) is 3.40. The molecule has 3 nitrogen and oxygen atoms in total. The van der Waals surface area contributed by atoms with Crippen molar-refractivity contribution in [2.24, 2.45) is 5.73 Å². The minimum Gasteiger partial charge on any atom is -0.350 e. The molecule has 12 heavy (non-hydrogen) atoms. The van der Waals surface area contributed by atoms with E-state index >= 15 is 0 Å². The number of carbonyl (C=O) groups is 1. The predicted octanol–water partition coefficient (Wildman–Crippen LogP) is 0.558. The van der Waals surface area contributed by atoms with Gasteiger partial charge in [-0.3, -0.25) is 4.79 Å². The lowest BCUT2D eigenvalue weighted by Gasteiger charge is -2.26. The zero-order chi connectivity index (χ0) is 8.97. The standard InChI is InChI=1S/C9H16N2O/c1-2-9(12)11-8-5-3-7(10)4-6-8/h2,7-8H,1,3-6,10H2,(H,11,12). The Hall–Kier alpha value is -0.830. The summed E-state index contributed by atoms with van der Waals surface area (Å²) >= 11 is 0. The van der Waals surface area contributed by atoms with Crippen molar-refractivity contribution in [2.45, 2.75) is 37.8 Å². The minimum absolute atomic E-state index is 0.0736. The van der Waals surface area contributed by atoms with Crippen LogP contribution < -0.4 is 11.1 Å². The van der Waals surface area contributed by atoms with E-state index in [0.29, 0.717) is 12.1 Å². The quantitative estimate of drug-likeness (QED) is 0.592. The van der Waals surface area contributed by atoms with Gasteiger partial charge in [-0.25, -0.2) is 0 Å². The molecule has 3 N–H and O–H groups in total. The number of hydrogen-bond acceptors (Lipinski definition) is 2. The lowest BCUT2D eigenvalue weighted by Crippen LogP contribution is -2.39. The summed E-state index contributed by atoms with van der Waals surface area (Å²) in [7, 11) is 0. The third-order valence-electron chi connectivity index (χ3n) is 2.30. The van der Waals surface area contributed by atoms with E-state index in [1.165, 1.54) is 6.08 Å². The maximum Gasteiger partial charge on any atom is 0.243 e. The van der Waals surface area contributed by atoms with E-state index in [2.05, 4.69) is 11.9 Å². The maximum atomic E-state index is 10.9. The number of carbonyl (C=O) groups excluding carboxylic acids is 1. The van der Waals surface area contributed by atoms with Crippen molar-refractivity contribution in [3.05, 3.63) is 12.7 Å². The van der Waals surface area contributed by atoms with Gasteiger partial charge >= 0.3 is 0 Å². The van der Waals surface area contributed by atoms with Crippen LogP contribution in [0.4, 0.5) is 0 Å². The van der Waals surface area contributed by atoms with E-state index in [9.17, 15) is 4.79 Å². The molecular formula is C9H16N2O. The average molecular weight is 168 g/mol. The van der Waals surface area contributed by atoms with Crippen LogP contribution in [-0.4, -0.2) is 18.0 Å². The maximum absolute atomic E-state index is 10.9. The second-order valence-corrected chi connectivity index (χ2v) is 3.32. The Labute approximate surface area is 73.0 Å². The third kappa shape index (κ3) is 2.66. The molecule has 0 unspecified atom stereocenters. The zero-order valence-corrected chi connectivity index (χ0v) is 7.25. The molecule has 0 radical (unpaired) electrons. The second kappa shape index (κ2) is 4.26. The van der Waals surface area contributed by atoms with Crippen LogP contribution >= 0.6 is 0 Å². The molecule has 68 valence electrons. The molecule has 0 aromatic heterocycles. The summed E-state index contributed by atoms with van der Waals surface area (Å²) < 4.78 is 0. The van der Waals surface area contributed by atoms with E-state index in [-0.39, 0.29) is 5.91 Å². The van der Waals surface area contributed by atoms with Crippen LogP contribution in [-0.2, 0) is 4.79 Å². The Morgan fingerprint density at radius 3 is 2.50 bits per heavy atom. The van der Waals surface area contributed by atoms with Crippen molar-refractivity contribution in [3.8, 4) is 0 Å². The summed E-state index contributed by atoms with van der Waals surface area (Å²) in [6.07, 6.45) is 5.35. The van der Waals surface area contributed by atoms with Crippen LogP contribution in [0.25, 0.3) is 0 Å². The first-order chi connectivity index (χ1) is 5.72. The molecular weight excluding hydrogens is 152 g/mol. The van der Waals surface area contributed by atoms with E-state index in [1.54, 1.807) is 0 Å². The molecule has 1 aliphatic rings. The fourth-order valence-electron chi connectivity index (χ4n) is 1.52. The Morgan fingerprint density at radius 1 is 1.42 bits per heavy atom. The molecule has 0 bridgehead atoms. The number of rotatable bonds is 2. The van der Waals surface area contributed by atoms with Gasteiger partial charge in [-0.2, -0.15) is 0 Å². The van der Waals surface area contributed by atoms with Crippen LogP contribution in [0.1, 0.15) is 25.7 Å². The first kappa shape index (κ1) is 9.26. The fourth-order valence-corrected chi connectivity index (χ4v) is 1.52. The highest BCUT2D eigenvalue weighted by Crippen LogP contribution is 2.16. The molecule has 1 amide bonds. The van der Waals surface area contributed by atoms with Crippen LogP contribution in [0.15, 0.2) is 12.7 Å². The molecule has 0 aromatic rings. The molecule has 1 saturated carbocycles. The number of amides is 1. The smallest absolute Gasteiger partial charge is 0.243 e. The first-order valence-electron chi connectivity index (χ1n) is 4.41. The molecule has 0 spiro atoms. The van der Waals surface area contributed by atoms with Crippen molar-refractivity contribution in [1.29, 1.82) is 0 Å². The number of nitrogens with one attached hydrogen (secondary N) is 1. The van der Waals surface area contributed by atoms with Gasteiger partial charge in [0.15, 0.2) is 0 Å². The number of nitrogens with two attached hydrogens (primary N) is 1. The molecule has 0 atom stereocenters. The zero-order valence-electron chi connectivity index (χ0n) is 7.25. The summed E-state index contributed by atoms with van der Waals surface area (Å²) in [5.74, 6) is -0.0736. The monoisotopic (exact) mass is 168 g/mol. The van der Waals surface area contributed by atoms with Crippen molar-refractivity contribution >= 4 is 5.91 Å². The highest BCUT2D eigenvalue weighted by molar-refractivity contribution is 5.87. The first-order valence-corrected chi connectivity index (χ1v) is 4.41. The lowest BCUT2D eigenvalue weighted by atomic mass is 9.92. The van der Waals surface area contributed by atoms with Gasteiger partial charge < -0.3 is 11.1 Å². The van der Waals surface area contributed by atoms with Crippen LogP contribution in [0.3, 0.4) is 0 Å². The molecule has 0 aromatic carbocycles. The Bertz CT molecular complexity index is 171. The Kier molecular flexibility index (Phi) is 3.29. The highest BCUT2D eigenvalue weighted by atomic mass is 16.1. The van der Waals surface area contributed by atoms with Crippen LogP contribution in [0.2, 0.25) is 0 Å². The molecule has 1 rings (SSSR count). The van der Waals surface area contributed by atoms with E-state index in [0.717, 1.165) is 25.7 Å². The van der Waals surface area contributed by atoms with Gasteiger partial charge in [0.25, 0.3) is 0 Å². The Balaban J connectivity index is 2.26. The summed E-state index contributed by atoms with van der Waals surface area (Å²) in [5, 5.41) is 2.88. The van der Waals surface area contributed by atoms with Gasteiger partial charge in [0, 0.05) is 12.1 Å². The highest BCUT2D eigenvalue weighted by Gasteiger charge is 2.18. The van der Waals surface area contributed by atoms with Crippen LogP contribution in [0, 0.1) is 0 Å². The number of hydrogen-bond donors (Lipinski definition) is 2. The van der Waals surface area contributed by atoms with E-state index in [1.807, 2.05) is 0 Å². The molecule has 0 heterocycles. The molecule has 3 heteroatoms. The van der Waals surface area contributed by atoms with E-state index in [4.69, 9.17) is 5.73 Å². The summed E-state index contributed by atoms with van der Waals surface area (Å²) in [4.78, 5) is 10.9. The summed E-state index contributed by atoms with van der Waals surface area (Å²) in [5.41, 5.74) is 5.73. The lowest BCUT2D eigenvalue weighted by molar-refractivity contribution is -0.117. The van der Waals surface area contributed by atoms with Crippen molar-refractivity contribution in [1.82, 2.24) is 5.32 Å². The van der Waals surface area contributed by atoms with Crippen LogP contribution in [0.5, 0.6) is 0 Å². The topological polar surface area (TPSA) is 55.1 Å². The molecule has 1 fully saturated rings. The van der Waals surface area contributed by atoms with Gasteiger partial charge in [-0.15, -0.1) is 0 Å². The summed E-state index contributed by atoms with van der Waals surface area (Å²) in [6, 6.07) is 0.650. The van der Waals surface area contributed by atoms with Crippen molar-refractivity contribution in [3.63, 3.8) is 0 Å². The average Bonchev–Trinajstić information content (AvgIpc) is 2.09. The largest absolute Gasteiger partial charge is 0.350 e. The minimum atomic E-state index is -0.0736. The van der Waals surface area contributed by atoms with Gasteiger partial charge in [0.2, 0.25) is 5.91 Å². The molecule has 0 saturated heterocycles. The van der Waals surface area contributed by atoms with Gasteiger partial charge in [-0.1, -0.05) is 6.58 Å². The second-order valence-electron chi connectivity index (χ2n) is 3.32. The van der Waals surface area contributed by atoms with Gasteiger partial charge in [0.05, 0.1) is 0 Å². The normalized spacial score (nSPS) is 29.4. The molecule has 1 aliphatic carbocycles. The van der Waals surface area contributed by atoms with Gasteiger partial charge in [0.1, 0.15) is 0 Å². The van der Waals surface area contributed by atoms with Crippen molar-refractivity contribution in [2.75, 3.05) is 0 Å². The Morgan fingerprint density at radius 2 is 2.00 bits per heavy atom. The van der Waals surface area contributed by atoms with Crippen molar-refractivity contribution < 1.29 is 4.79 Å². The predicted molar refractivity (Wildman–Crippen MR) is 48.6 cm³/mol. The van der Waals surface area contributed by atoms with Gasteiger partial charge in [-0.05, 0) is 31.8 Å². The van der Waals surface area contributed by atoms with E-state index < -0.39 is 0 Å².